The Bertz CT molecular complexity index is 706. The molecule has 1 saturated heterocycles. The fraction of sp³-hybridized carbons (Fsp3) is 0.500. The molecule has 2 unspecified atom stereocenters. The average Bonchev–Trinajstić information content (AvgIpc) is 3.15. The Morgan fingerprint density at radius 3 is 3.00 bits per heavy atom. The Labute approximate surface area is 152 Å². The summed E-state index contributed by atoms with van der Waals surface area (Å²) in [5.41, 5.74) is 0.842. The van der Waals surface area contributed by atoms with Gasteiger partial charge in [0.05, 0.1) is 31.9 Å². The zero-order valence-electron chi connectivity index (χ0n) is 14.9. The molecule has 0 spiro atoms. The number of aromatic nitrogens is 3. The third-order valence-corrected chi connectivity index (χ3v) is 4.60. The number of aliphatic hydroxyl groups is 1. The number of aliphatic hydroxyl groups excluding tert-OH is 1. The van der Waals surface area contributed by atoms with Gasteiger partial charge in [0.25, 0.3) is 0 Å². The van der Waals surface area contributed by atoms with Crippen LogP contribution in [-0.2, 0) is 17.8 Å². The molecule has 2 amide bonds. The van der Waals surface area contributed by atoms with Crippen molar-refractivity contribution < 1.29 is 14.6 Å². The molecule has 2 N–H and O–H groups in total. The van der Waals surface area contributed by atoms with Gasteiger partial charge in [-0.2, -0.15) is 0 Å². The molecule has 2 aromatic rings. The van der Waals surface area contributed by atoms with Crippen molar-refractivity contribution in [3.63, 3.8) is 0 Å². The highest BCUT2D eigenvalue weighted by Crippen LogP contribution is 2.22. The number of carbonyl (C=O) groups is 1. The lowest BCUT2D eigenvalue weighted by atomic mass is 10.0. The molecule has 1 aliphatic rings. The van der Waals surface area contributed by atoms with E-state index in [2.05, 4.69) is 15.5 Å². The van der Waals surface area contributed by atoms with Gasteiger partial charge >= 0.3 is 6.03 Å². The number of ether oxygens (including phenoxy) is 1. The van der Waals surface area contributed by atoms with Crippen molar-refractivity contribution >= 4 is 6.03 Å². The van der Waals surface area contributed by atoms with Crippen molar-refractivity contribution in [3.05, 3.63) is 48.0 Å². The molecular formula is C18H25N5O3. The smallest absolute Gasteiger partial charge is 0.318 e. The average molecular weight is 359 g/mol. The molecule has 2 atom stereocenters. The van der Waals surface area contributed by atoms with Crippen LogP contribution in [0.4, 0.5) is 4.79 Å². The molecular weight excluding hydrogens is 334 g/mol. The van der Waals surface area contributed by atoms with Crippen LogP contribution in [0.1, 0.15) is 30.8 Å². The molecule has 8 nitrogen and oxygen atoms in total. The largest absolute Gasteiger partial charge is 0.388 e. The third kappa shape index (κ3) is 4.39. The maximum atomic E-state index is 12.6. The predicted octanol–water partition coefficient (Wildman–Crippen LogP) is 1.33. The minimum atomic E-state index is -0.638. The van der Waals surface area contributed by atoms with E-state index in [-0.39, 0.29) is 12.1 Å². The lowest BCUT2D eigenvalue weighted by Gasteiger charge is -2.36. The van der Waals surface area contributed by atoms with E-state index in [4.69, 9.17) is 4.74 Å². The summed E-state index contributed by atoms with van der Waals surface area (Å²) < 4.78 is 7.41. The molecule has 0 saturated carbocycles. The summed E-state index contributed by atoms with van der Waals surface area (Å²) >= 11 is 0. The van der Waals surface area contributed by atoms with Gasteiger partial charge in [-0.25, -0.2) is 4.79 Å². The maximum absolute atomic E-state index is 12.6. The maximum Gasteiger partial charge on any atom is 0.318 e. The normalized spacial score (nSPS) is 18.5. The molecule has 0 bridgehead atoms. The topological polar surface area (TPSA) is 92.5 Å². The standard InChI is InChI=1S/C18H25N5O3/c1-2-22-13-20-21-17(22)11-19-18(25)23-8-9-26-12-15(23)10-16(24)14-6-4-3-5-7-14/h3-7,13,15-16,24H,2,8-12H2,1H3,(H,19,25). The van der Waals surface area contributed by atoms with Crippen LogP contribution in [0.25, 0.3) is 0 Å². The molecule has 8 heteroatoms. The van der Waals surface area contributed by atoms with Crippen LogP contribution >= 0.6 is 0 Å². The summed E-state index contributed by atoms with van der Waals surface area (Å²) in [6.07, 6.45) is 1.44. The number of benzene rings is 1. The Hall–Kier alpha value is -2.45. The zero-order chi connectivity index (χ0) is 18.4. The first-order valence-corrected chi connectivity index (χ1v) is 8.91. The van der Waals surface area contributed by atoms with Crippen molar-refractivity contribution in [3.8, 4) is 0 Å². The van der Waals surface area contributed by atoms with E-state index in [0.29, 0.717) is 32.7 Å². The lowest BCUT2D eigenvalue weighted by molar-refractivity contribution is -0.00702. The van der Waals surface area contributed by atoms with Gasteiger partial charge < -0.3 is 24.6 Å². The SMILES string of the molecule is CCn1cnnc1CNC(=O)N1CCOCC1CC(O)c1ccccc1. The predicted molar refractivity (Wildman–Crippen MR) is 95.3 cm³/mol. The molecule has 26 heavy (non-hydrogen) atoms. The van der Waals surface area contributed by atoms with Gasteiger partial charge in [0.2, 0.25) is 0 Å². The van der Waals surface area contributed by atoms with Crippen molar-refractivity contribution in [1.82, 2.24) is 25.0 Å². The Morgan fingerprint density at radius 2 is 2.23 bits per heavy atom. The molecule has 1 aromatic heterocycles. The summed E-state index contributed by atoms with van der Waals surface area (Å²) in [6, 6.07) is 9.11. The highest BCUT2D eigenvalue weighted by atomic mass is 16.5. The van der Waals surface area contributed by atoms with Crippen LogP contribution in [0.15, 0.2) is 36.7 Å². The number of rotatable bonds is 6. The first kappa shape index (κ1) is 18.3. The summed E-state index contributed by atoms with van der Waals surface area (Å²) in [4.78, 5) is 14.4. The van der Waals surface area contributed by atoms with Crippen LogP contribution in [0.5, 0.6) is 0 Å². The van der Waals surface area contributed by atoms with Crippen LogP contribution < -0.4 is 5.32 Å². The Morgan fingerprint density at radius 1 is 1.42 bits per heavy atom. The molecule has 1 aliphatic heterocycles. The zero-order valence-corrected chi connectivity index (χ0v) is 14.9. The van der Waals surface area contributed by atoms with E-state index in [0.717, 1.165) is 17.9 Å². The second-order valence-corrected chi connectivity index (χ2v) is 6.28. The quantitative estimate of drug-likeness (QED) is 0.812. The van der Waals surface area contributed by atoms with Gasteiger partial charge in [-0.3, -0.25) is 0 Å². The Balaban J connectivity index is 1.60. The number of urea groups is 1. The third-order valence-electron chi connectivity index (χ3n) is 4.60. The first-order chi connectivity index (χ1) is 12.7. The van der Waals surface area contributed by atoms with Gasteiger partial charge in [-0.1, -0.05) is 30.3 Å². The van der Waals surface area contributed by atoms with E-state index in [1.54, 1.807) is 11.2 Å². The van der Waals surface area contributed by atoms with Crippen molar-refractivity contribution in [2.75, 3.05) is 19.8 Å². The number of amides is 2. The summed E-state index contributed by atoms with van der Waals surface area (Å²) in [7, 11) is 0. The van der Waals surface area contributed by atoms with Crippen LogP contribution in [0.3, 0.4) is 0 Å². The number of aryl methyl sites for hydroxylation is 1. The minimum absolute atomic E-state index is 0.177. The fourth-order valence-electron chi connectivity index (χ4n) is 3.12. The van der Waals surface area contributed by atoms with Crippen LogP contribution in [-0.4, -0.2) is 56.6 Å². The number of nitrogens with one attached hydrogen (secondary N) is 1. The van der Waals surface area contributed by atoms with Gasteiger partial charge in [0, 0.05) is 19.5 Å². The van der Waals surface area contributed by atoms with E-state index < -0.39 is 6.10 Å². The fourth-order valence-corrected chi connectivity index (χ4v) is 3.12. The van der Waals surface area contributed by atoms with Crippen molar-refractivity contribution in [2.24, 2.45) is 0 Å². The van der Waals surface area contributed by atoms with E-state index in [1.807, 2.05) is 41.8 Å². The summed E-state index contributed by atoms with van der Waals surface area (Å²) in [6.45, 7) is 4.48. The number of carbonyl (C=O) groups excluding carboxylic acids is 1. The summed E-state index contributed by atoms with van der Waals surface area (Å²) in [5, 5.41) is 21.3. The van der Waals surface area contributed by atoms with Gasteiger partial charge in [0.1, 0.15) is 6.33 Å². The number of morpholine rings is 1. The number of hydrogen-bond donors (Lipinski definition) is 2. The molecule has 1 fully saturated rings. The van der Waals surface area contributed by atoms with Crippen molar-refractivity contribution in [2.45, 2.75) is 38.6 Å². The monoisotopic (exact) mass is 359 g/mol. The Kier molecular flexibility index (Phi) is 6.19. The molecule has 2 heterocycles. The van der Waals surface area contributed by atoms with Gasteiger partial charge in [-0.05, 0) is 12.5 Å². The molecule has 1 aromatic carbocycles. The van der Waals surface area contributed by atoms with Crippen LogP contribution in [0, 0.1) is 0 Å². The van der Waals surface area contributed by atoms with Crippen molar-refractivity contribution in [1.29, 1.82) is 0 Å². The molecule has 0 radical (unpaired) electrons. The van der Waals surface area contributed by atoms with E-state index in [9.17, 15) is 9.90 Å². The second kappa shape index (κ2) is 8.77. The number of hydrogen-bond acceptors (Lipinski definition) is 5. The molecule has 140 valence electrons. The first-order valence-electron chi connectivity index (χ1n) is 8.91. The minimum Gasteiger partial charge on any atom is -0.388 e. The van der Waals surface area contributed by atoms with Gasteiger partial charge in [0.15, 0.2) is 5.82 Å². The molecule has 3 rings (SSSR count). The van der Waals surface area contributed by atoms with E-state index in [1.165, 1.54) is 0 Å². The summed E-state index contributed by atoms with van der Waals surface area (Å²) in [5.74, 6) is 0.718. The lowest BCUT2D eigenvalue weighted by Crippen LogP contribution is -2.52. The highest BCUT2D eigenvalue weighted by molar-refractivity contribution is 5.74. The number of nitrogens with zero attached hydrogens (tertiary/aromatic N) is 4. The molecule has 0 aliphatic carbocycles. The highest BCUT2D eigenvalue weighted by Gasteiger charge is 2.29. The van der Waals surface area contributed by atoms with E-state index >= 15 is 0 Å². The van der Waals surface area contributed by atoms with Gasteiger partial charge in [-0.15, -0.1) is 10.2 Å². The van der Waals surface area contributed by atoms with Crippen LogP contribution in [0.2, 0.25) is 0 Å². The second-order valence-electron chi connectivity index (χ2n) is 6.28.